The fourth-order valence-electron chi connectivity index (χ4n) is 3.29. The van der Waals surface area contributed by atoms with Crippen LogP contribution in [0.5, 0.6) is 0 Å². The van der Waals surface area contributed by atoms with Gasteiger partial charge in [-0.25, -0.2) is 4.79 Å². The average molecular weight is 429 g/mol. The minimum Gasteiger partial charge on any atom is -0.467 e. The number of nitrogens with zero attached hydrogens (tertiary/aromatic N) is 3. The molecule has 1 aromatic carbocycles. The fourth-order valence-corrected chi connectivity index (χ4v) is 4.18. The van der Waals surface area contributed by atoms with Crippen LogP contribution in [0, 0.1) is 24.0 Å². The van der Waals surface area contributed by atoms with Gasteiger partial charge in [-0.05, 0) is 62.4 Å². The highest BCUT2D eigenvalue weighted by atomic mass is 32.2. The molecule has 30 heavy (non-hydrogen) atoms. The summed E-state index contributed by atoms with van der Waals surface area (Å²) in [4.78, 5) is 48.2. The molecule has 0 N–H and O–H groups in total. The van der Waals surface area contributed by atoms with Gasteiger partial charge in [0.1, 0.15) is 6.04 Å². The molecular formula is C20H19N3O6S. The van der Waals surface area contributed by atoms with E-state index in [0.29, 0.717) is 0 Å². The van der Waals surface area contributed by atoms with Crippen molar-refractivity contribution in [2.45, 2.75) is 26.8 Å². The molecule has 2 aromatic rings. The van der Waals surface area contributed by atoms with E-state index in [1.165, 1.54) is 26.2 Å². The van der Waals surface area contributed by atoms with Gasteiger partial charge in [0.05, 0.1) is 16.9 Å². The summed E-state index contributed by atoms with van der Waals surface area (Å²) in [6, 6.07) is 6.98. The first kappa shape index (κ1) is 21.3. The Bertz CT molecular complexity index is 1090. The zero-order valence-corrected chi connectivity index (χ0v) is 17.6. The highest BCUT2D eigenvalue weighted by Gasteiger charge is 2.41. The van der Waals surface area contributed by atoms with Crippen molar-refractivity contribution >= 4 is 40.6 Å². The molecule has 0 saturated carbocycles. The third-order valence-corrected chi connectivity index (χ3v) is 5.71. The Labute approximate surface area is 176 Å². The summed E-state index contributed by atoms with van der Waals surface area (Å²) < 4.78 is 6.53. The Morgan fingerprint density at radius 2 is 1.87 bits per heavy atom. The Hall–Kier alpha value is -3.40. The number of aromatic nitrogens is 1. The molecule has 0 radical (unpaired) electrons. The number of esters is 1. The number of benzene rings is 1. The van der Waals surface area contributed by atoms with E-state index in [1.807, 2.05) is 24.5 Å². The van der Waals surface area contributed by atoms with Gasteiger partial charge in [0.2, 0.25) is 0 Å². The van der Waals surface area contributed by atoms with Crippen LogP contribution < -0.4 is 0 Å². The van der Waals surface area contributed by atoms with E-state index in [2.05, 4.69) is 4.74 Å². The highest BCUT2D eigenvalue weighted by molar-refractivity contribution is 8.18. The van der Waals surface area contributed by atoms with E-state index >= 15 is 0 Å². The number of imide groups is 1. The van der Waals surface area contributed by atoms with Gasteiger partial charge in [-0.3, -0.25) is 24.6 Å². The number of non-ortho nitro benzene ring substituents is 1. The Morgan fingerprint density at radius 1 is 1.23 bits per heavy atom. The van der Waals surface area contributed by atoms with E-state index in [4.69, 9.17) is 0 Å². The SMILES string of the molecule is COC(=O)[C@@H](C)N1C(=O)S/C(=C\c2cc(C)n(-c3ccc([N+](=O)[O-])cc3)c2C)C1=O. The smallest absolute Gasteiger partial charge is 0.328 e. The molecule has 1 aromatic heterocycles. The van der Waals surface area contributed by atoms with Crippen molar-refractivity contribution in [3.63, 3.8) is 0 Å². The van der Waals surface area contributed by atoms with Crippen molar-refractivity contribution in [3.8, 4) is 5.69 Å². The number of amides is 2. The molecule has 0 unspecified atom stereocenters. The summed E-state index contributed by atoms with van der Waals surface area (Å²) in [6.07, 6.45) is 1.61. The second kappa shape index (κ2) is 8.15. The number of carbonyl (C=O) groups is 3. The first-order valence-corrected chi connectivity index (χ1v) is 9.76. The van der Waals surface area contributed by atoms with Crippen molar-refractivity contribution in [2.75, 3.05) is 7.11 Å². The minimum atomic E-state index is -1.01. The van der Waals surface area contributed by atoms with Gasteiger partial charge < -0.3 is 9.30 Å². The van der Waals surface area contributed by atoms with Crippen LogP contribution in [-0.4, -0.2) is 44.7 Å². The molecule has 1 fully saturated rings. The zero-order valence-electron chi connectivity index (χ0n) is 16.7. The third kappa shape index (κ3) is 3.73. The molecule has 0 spiro atoms. The van der Waals surface area contributed by atoms with Crippen LogP contribution >= 0.6 is 11.8 Å². The van der Waals surface area contributed by atoms with Crippen molar-refractivity contribution in [2.24, 2.45) is 0 Å². The lowest BCUT2D eigenvalue weighted by molar-refractivity contribution is -0.384. The zero-order chi connectivity index (χ0) is 22.2. The maximum absolute atomic E-state index is 12.7. The van der Waals surface area contributed by atoms with Gasteiger partial charge >= 0.3 is 5.97 Å². The van der Waals surface area contributed by atoms with Gasteiger partial charge in [0.25, 0.3) is 16.8 Å². The number of hydrogen-bond acceptors (Lipinski definition) is 7. The molecule has 1 aliphatic rings. The lowest BCUT2D eigenvalue weighted by Crippen LogP contribution is -2.42. The Morgan fingerprint density at radius 3 is 2.43 bits per heavy atom. The highest BCUT2D eigenvalue weighted by Crippen LogP contribution is 2.35. The number of aryl methyl sites for hydroxylation is 1. The van der Waals surface area contributed by atoms with Gasteiger partial charge in [-0.15, -0.1) is 0 Å². The monoisotopic (exact) mass is 429 g/mol. The summed E-state index contributed by atoms with van der Waals surface area (Å²) in [5.74, 6) is -1.22. The summed E-state index contributed by atoms with van der Waals surface area (Å²) in [6.45, 7) is 5.16. The molecule has 0 aliphatic carbocycles. The Balaban J connectivity index is 1.94. The molecule has 0 bridgehead atoms. The summed E-state index contributed by atoms with van der Waals surface area (Å²) >= 11 is 0.764. The molecule has 1 saturated heterocycles. The maximum Gasteiger partial charge on any atom is 0.328 e. The summed E-state index contributed by atoms with van der Waals surface area (Å²) in [7, 11) is 1.20. The van der Waals surface area contributed by atoms with Crippen molar-refractivity contribution in [1.29, 1.82) is 0 Å². The molecule has 1 atom stereocenters. The van der Waals surface area contributed by atoms with Crippen molar-refractivity contribution in [3.05, 3.63) is 62.3 Å². The maximum atomic E-state index is 12.7. The van der Waals surface area contributed by atoms with Crippen molar-refractivity contribution in [1.82, 2.24) is 9.47 Å². The largest absolute Gasteiger partial charge is 0.467 e. The predicted octanol–water partition coefficient (Wildman–Crippen LogP) is 3.60. The molecular weight excluding hydrogens is 410 g/mol. The van der Waals surface area contributed by atoms with E-state index in [9.17, 15) is 24.5 Å². The average Bonchev–Trinajstić information content (AvgIpc) is 3.15. The molecule has 2 amide bonds. The topological polar surface area (TPSA) is 112 Å². The van der Waals surface area contributed by atoms with Crippen LogP contribution in [0.3, 0.4) is 0 Å². The number of carbonyl (C=O) groups excluding carboxylic acids is 3. The van der Waals surface area contributed by atoms with Gasteiger partial charge in [0, 0.05) is 29.2 Å². The predicted molar refractivity (Wildman–Crippen MR) is 111 cm³/mol. The first-order chi connectivity index (χ1) is 14.1. The normalized spacial score (nSPS) is 16.3. The van der Waals surface area contributed by atoms with Crippen LogP contribution in [0.15, 0.2) is 35.2 Å². The minimum absolute atomic E-state index is 0.00478. The summed E-state index contributed by atoms with van der Waals surface area (Å²) in [5, 5.41) is 10.3. The number of nitro groups is 1. The third-order valence-electron chi connectivity index (χ3n) is 4.83. The number of thioether (sulfide) groups is 1. The van der Waals surface area contributed by atoms with Crippen molar-refractivity contribution < 1.29 is 24.0 Å². The van der Waals surface area contributed by atoms with Gasteiger partial charge in [-0.1, -0.05) is 0 Å². The van der Waals surface area contributed by atoms with Gasteiger partial charge in [0.15, 0.2) is 0 Å². The Kier molecular flexibility index (Phi) is 5.79. The number of nitro benzene ring substituents is 1. The molecule has 3 rings (SSSR count). The fraction of sp³-hybridized carbons (Fsp3) is 0.250. The van der Waals surface area contributed by atoms with Gasteiger partial charge in [-0.2, -0.15) is 0 Å². The van der Waals surface area contributed by atoms with Crippen LogP contribution in [0.4, 0.5) is 10.5 Å². The quantitative estimate of drug-likeness (QED) is 0.309. The van der Waals surface area contributed by atoms with E-state index in [1.54, 1.807) is 18.2 Å². The van der Waals surface area contributed by atoms with E-state index < -0.39 is 28.1 Å². The first-order valence-electron chi connectivity index (χ1n) is 8.94. The van der Waals surface area contributed by atoms with Crippen LogP contribution in [0.25, 0.3) is 11.8 Å². The van der Waals surface area contributed by atoms with E-state index in [0.717, 1.165) is 39.3 Å². The van der Waals surface area contributed by atoms with Crippen LogP contribution in [0.1, 0.15) is 23.9 Å². The second-order valence-electron chi connectivity index (χ2n) is 6.69. The number of rotatable bonds is 5. The van der Waals surface area contributed by atoms with Crippen LogP contribution in [-0.2, 0) is 14.3 Å². The molecule has 2 heterocycles. The number of hydrogen-bond donors (Lipinski definition) is 0. The second-order valence-corrected chi connectivity index (χ2v) is 7.68. The lowest BCUT2D eigenvalue weighted by atomic mass is 10.2. The number of ether oxygens (including phenoxy) is 1. The lowest BCUT2D eigenvalue weighted by Gasteiger charge is -2.18. The molecule has 10 heteroatoms. The van der Waals surface area contributed by atoms with E-state index in [-0.39, 0.29) is 10.6 Å². The standard InChI is InChI=1S/C20H19N3O6S/c1-11-9-14(12(2)21(11)15-5-7-16(8-6-15)23(27)28)10-17-18(24)22(20(26)30-17)13(3)19(25)29-4/h5-10,13H,1-4H3/b17-10-/t13-/m1/s1. The molecule has 156 valence electrons. The molecule has 9 nitrogen and oxygen atoms in total. The summed E-state index contributed by atoms with van der Waals surface area (Å²) in [5.41, 5.74) is 3.11. The van der Waals surface area contributed by atoms with Crippen LogP contribution in [0.2, 0.25) is 0 Å². The molecule has 1 aliphatic heterocycles. The number of methoxy groups -OCH3 is 1.